The van der Waals surface area contributed by atoms with Crippen molar-refractivity contribution in [2.75, 3.05) is 5.43 Å². The Morgan fingerprint density at radius 3 is 2.80 bits per heavy atom. The lowest BCUT2D eigenvalue weighted by atomic mass is 9.85. The fourth-order valence-corrected chi connectivity index (χ4v) is 3.04. The molecule has 5 heteroatoms. The number of hydrogen-bond acceptors (Lipinski definition) is 5. The Bertz CT molecular complexity index is 424. The Hall–Kier alpha value is -1.36. The highest BCUT2D eigenvalue weighted by Gasteiger charge is 2.26. The fourth-order valence-electron chi connectivity index (χ4n) is 3.04. The van der Waals surface area contributed by atoms with Gasteiger partial charge in [-0.1, -0.05) is 26.7 Å². The second kappa shape index (κ2) is 7.43. The highest BCUT2D eigenvalue weighted by Crippen LogP contribution is 2.32. The molecule has 1 aliphatic carbocycles. The van der Waals surface area contributed by atoms with Crippen LogP contribution in [0.1, 0.15) is 57.9 Å². The molecule has 1 aromatic rings. The summed E-state index contributed by atoms with van der Waals surface area (Å²) < 4.78 is 6.24. The monoisotopic (exact) mass is 278 g/mol. The Kier molecular flexibility index (Phi) is 5.59. The van der Waals surface area contributed by atoms with Gasteiger partial charge in [0, 0.05) is 0 Å². The van der Waals surface area contributed by atoms with Crippen LogP contribution in [0.2, 0.25) is 0 Å². The second-order valence-electron chi connectivity index (χ2n) is 5.51. The SMILES string of the molecule is CCCc1c(NN)ncnc1OC1CCCCC1CC. The number of nitrogen functional groups attached to an aromatic ring is 1. The van der Waals surface area contributed by atoms with Crippen molar-refractivity contribution < 1.29 is 4.74 Å². The molecule has 1 aromatic heterocycles. The van der Waals surface area contributed by atoms with E-state index in [1.165, 1.54) is 32.0 Å². The minimum atomic E-state index is 0.282. The molecule has 0 bridgehead atoms. The van der Waals surface area contributed by atoms with E-state index in [1.54, 1.807) is 0 Å². The molecular formula is C15H26N4O. The van der Waals surface area contributed by atoms with Gasteiger partial charge in [-0.2, -0.15) is 0 Å². The number of nitrogens with two attached hydrogens (primary N) is 1. The first-order valence-electron chi connectivity index (χ1n) is 7.77. The van der Waals surface area contributed by atoms with Gasteiger partial charge < -0.3 is 10.2 Å². The summed E-state index contributed by atoms with van der Waals surface area (Å²) in [5.74, 6) is 7.57. The van der Waals surface area contributed by atoms with Crippen molar-refractivity contribution in [1.29, 1.82) is 0 Å². The molecule has 1 saturated carbocycles. The van der Waals surface area contributed by atoms with E-state index in [4.69, 9.17) is 10.6 Å². The van der Waals surface area contributed by atoms with Gasteiger partial charge in [0.25, 0.3) is 0 Å². The van der Waals surface area contributed by atoms with Gasteiger partial charge in [-0.15, -0.1) is 0 Å². The van der Waals surface area contributed by atoms with Crippen LogP contribution in [0.3, 0.4) is 0 Å². The van der Waals surface area contributed by atoms with E-state index in [0.717, 1.165) is 24.8 Å². The van der Waals surface area contributed by atoms with Crippen LogP contribution in [0.5, 0.6) is 5.88 Å². The number of anilines is 1. The van der Waals surface area contributed by atoms with Crippen molar-refractivity contribution in [3.63, 3.8) is 0 Å². The van der Waals surface area contributed by atoms with Crippen LogP contribution in [-0.2, 0) is 6.42 Å². The summed E-state index contributed by atoms with van der Waals surface area (Å²) in [5.41, 5.74) is 3.65. The van der Waals surface area contributed by atoms with Gasteiger partial charge in [0.1, 0.15) is 18.2 Å². The van der Waals surface area contributed by atoms with Crippen LogP contribution in [0, 0.1) is 5.92 Å². The molecule has 0 amide bonds. The summed E-state index contributed by atoms with van der Waals surface area (Å²) in [5, 5.41) is 0. The van der Waals surface area contributed by atoms with E-state index >= 15 is 0 Å². The Balaban J connectivity index is 2.18. The van der Waals surface area contributed by atoms with Crippen molar-refractivity contribution in [3.05, 3.63) is 11.9 Å². The lowest BCUT2D eigenvalue weighted by Gasteiger charge is -2.31. The van der Waals surface area contributed by atoms with Crippen LogP contribution < -0.4 is 16.0 Å². The lowest BCUT2D eigenvalue weighted by Crippen LogP contribution is -2.30. The van der Waals surface area contributed by atoms with Crippen molar-refractivity contribution in [2.24, 2.45) is 11.8 Å². The standard InChI is InChI=1S/C15H26N4O/c1-3-7-12-14(19-16)17-10-18-15(12)20-13-9-6-5-8-11(13)4-2/h10-11,13H,3-9,16H2,1-2H3,(H,17,18,19). The average molecular weight is 278 g/mol. The Morgan fingerprint density at radius 2 is 2.10 bits per heavy atom. The van der Waals surface area contributed by atoms with Gasteiger partial charge >= 0.3 is 0 Å². The van der Waals surface area contributed by atoms with E-state index in [9.17, 15) is 0 Å². The van der Waals surface area contributed by atoms with E-state index in [0.29, 0.717) is 17.6 Å². The van der Waals surface area contributed by atoms with Crippen LogP contribution >= 0.6 is 0 Å². The summed E-state index contributed by atoms with van der Waals surface area (Å²) in [6.07, 6.45) is 9.81. The predicted octanol–water partition coefficient (Wildman–Crippen LogP) is 3.06. The third-order valence-electron chi connectivity index (χ3n) is 4.17. The molecule has 0 aromatic carbocycles. The molecule has 20 heavy (non-hydrogen) atoms. The van der Waals surface area contributed by atoms with E-state index in [1.807, 2.05) is 0 Å². The molecular weight excluding hydrogens is 252 g/mol. The van der Waals surface area contributed by atoms with Crippen LogP contribution in [0.15, 0.2) is 6.33 Å². The molecule has 0 aliphatic heterocycles. The molecule has 112 valence electrons. The summed E-state index contributed by atoms with van der Waals surface area (Å²) in [7, 11) is 0. The number of nitrogens with zero attached hydrogens (tertiary/aromatic N) is 2. The number of hydrazine groups is 1. The van der Waals surface area contributed by atoms with E-state index in [-0.39, 0.29) is 6.10 Å². The van der Waals surface area contributed by atoms with Crippen molar-refractivity contribution in [2.45, 2.75) is 64.9 Å². The molecule has 3 N–H and O–H groups in total. The summed E-state index contributed by atoms with van der Waals surface area (Å²) >= 11 is 0. The normalized spacial score (nSPS) is 22.6. The maximum absolute atomic E-state index is 6.24. The number of ether oxygens (including phenoxy) is 1. The number of aromatic nitrogens is 2. The van der Waals surface area contributed by atoms with Gasteiger partial charge in [0.05, 0.1) is 5.56 Å². The zero-order chi connectivity index (χ0) is 14.4. The van der Waals surface area contributed by atoms with E-state index in [2.05, 4.69) is 29.2 Å². The molecule has 5 nitrogen and oxygen atoms in total. The van der Waals surface area contributed by atoms with E-state index < -0.39 is 0 Å². The highest BCUT2D eigenvalue weighted by atomic mass is 16.5. The maximum Gasteiger partial charge on any atom is 0.222 e. The first-order valence-corrected chi connectivity index (χ1v) is 7.77. The molecule has 2 rings (SSSR count). The second-order valence-corrected chi connectivity index (χ2v) is 5.51. The maximum atomic E-state index is 6.24. The highest BCUT2D eigenvalue weighted by molar-refractivity contribution is 5.47. The molecule has 1 heterocycles. The van der Waals surface area contributed by atoms with Gasteiger partial charge in [-0.3, -0.25) is 0 Å². The lowest BCUT2D eigenvalue weighted by molar-refractivity contribution is 0.0847. The molecule has 0 saturated heterocycles. The third kappa shape index (κ3) is 3.39. The fraction of sp³-hybridized carbons (Fsp3) is 0.733. The molecule has 0 radical (unpaired) electrons. The van der Waals surface area contributed by atoms with Crippen LogP contribution in [0.4, 0.5) is 5.82 Å². The van der Waals surface area contributed by atoms with Crippen molar-refractivity contribution in [3.8, 4) is 5.88 Å². The van der Waals surface area contributed by atoms with Crippen LogP contribution in [-0.4, -0.2) is 16.1 Å². The van der Waals surface area contributed by atoms with Crippen LogP contribution in [0.25, 0.3) is 0 Å². The Labute approximate surface area is 121 Å². The zero-order valence-electron chi connectivity index (χ0n) is 12.6. The molecule has 2 unspecified atom stereocenters. The van der Waals surface area contributed by atoms with Gasteiger partial charge in [0.2, 0.25) is 5.88 Å². The van der Waals surface area contributed by atoms with Crippen molar-refractivity contribution >= 4 is 5.82 Å². The predicted molar refractivity (Wildman–Crippen MR) is 80.5 cm³/mol. The van der Waals surface area contributed by atoms with Gasteiger partial charge in [-0.05, 0) is 38.0 Å². The smallest absolute Gasteiger partial charge is 0.222 e. The molecule has 2 atom stereocenters. The zero-order valence-corrected chi connectivity index (χ0v) is 12.6. The Morgan fingerprint density at radius 1 is 1.30 bits per heavy atom. The molecule has 0 spiro atoms. The first-order chi connectivity index (χ1) is 9.80. The van der Waals surface area contributed by atoms with Crippen molar-refractivity contribution in [1.82, 2.24) is 9.97 Å². The average Bonchev–Trinajstić information content (AvgIpc) is 2.49. The van der Waals surface area contributed by atoms with Gasteiger partial charge in [-0.25, -0.2) is 15.8 Å². The quantitative estimate of drug-likeness (QED) is 0.618. The summed E-state index contributed by atoms with van der Waals surface area (Å²) in [6, 6.07) is 0. The number of rotatable bonds is 6. The minimum Gasteiger partial charge on any atom is -0.474 e. The third-order valence-corrected chi connectivity index (χ3v) is 4.17. The van der Waals surface area contributed by atoms with Gasteiger partial charge in [0.15, 0.2) is 0 Å². The minimum absolute atomic E-state index is 0.282. The topological polar surface area (TPSA) is 73.1 Å². The summed E-state index contributed by atoms with van der Waals surface area (Å²) in [4.78, 5) is 8.52. The molecule has 1 fully saturated rings. The largest absolute Gasteiger partial charge is 0.474 e. The first kappa shape index (κ1) is 15.0. The summed E-state index contributed by atoms with van der Waals surface area (Å²) in [6.45, 7) is 4.37. The number of hydrogen-bond donors (Lipinski definition) is 2. The number of nitrogens with one attached hydrogen (secondary N) is 1. The molecule has 1 aliphatic rings.